The fourth-order valence-electron chi connectivity index (χ4n) is 1.42. The highest BCUT2D eigenvalue weighted by molar-refractivity contribution is 5.97. The number of nitrogens with zero attached hydrogens (tertiary/aromatic N) is 1. The van der Waals surface area contributed by atoms with E-state index in [1.54, 1.807) is 6.92 Å². The van der Waals surface area contributed by atoms with Crippen molar-refractivity contribution in [3.05, 3.63) is 11.6 Å². The number of carbonyl (C=O) groups excluding carboxylic acids is 1. The highest BCUT2D eigenvalue weighted by atomic mass is 16.1. The lowest BCUT2D eigenvalue weighted by molar-refractivity contribution is -0.119. The summed E-state index contributed by atoms with van der Waals surface area (Å²) in [5.74, 6) is -0.243. The Bertz CT molecular complexity index is 282. The molecule has 0 aliphatic heterocycles. The van der Waals surface area contributed by atoms with Crippen LogP contribution in [0.4, 0.5) is 0 Å². The number of hydrogen-bond acceptors (Lipinski definition) is 2. The molecule has 0 unspecified atom stereocenters. The summed E-state index contributed by atoms with van der Waals surface area (Å²) in [6.07, 6.45) is 4.73. The number of amides is 1. The van der Waals surface area contributed by atoms with E-state index in [9.17, 15) is 4.79 Å². The monoisotopic (exact) mass is 178 g/mol. The molecule has 0 aromatic heterocycles. The van der Waals surface area contributed by atoms with Crippen LogP contribution < -0.4 is 5.32 Å². The van der Waals surface area contributed by atoms with E-state index in [0.29, 0.717) is 0 Å². The van der Waals surface area contributed by atoms with Crippen LogP contribution in [-0.2, 0) is 4.79 Å². The van der Waals surface area contributed by atoms with E-state index in [1.807, 2.05) is 13.0 Å². The summed E-state index contributed by atoms with van der Waals surface area (Å²) >= 11 is 0. The molecule has 1 saturated carbocycles. The summed E-state index contributed by atoms with van der Waals surface area (Å²) in [5.41, 5.74) is 0.135. The Morgan fingerprint density at radius 1 is 1.62 bits per heavy atom. The Balaban J connectivity index is 2.55. The minimum atomic E-state index is -0.243. The van der Waals surface area contributed by atoms with Gasteiger partial charge in [-0.25, -0.2) is 0 Å². The second-order valence-electron chi connectivity index (χ2n) is 3.68. The summed E-state index contributed by atoms with van der Waals surface area (Å²) in [4.78, 5) is 11.4. The Labute approximate surface area is 78.4 Å². The van der Waals surface area contributed by atoms with E-state index < -0.39 is 0 Å². The van der Waals surface area contributed by atoms with Gasteiger partial charge in [-0.2, -0.15) is 5.26 Å². The van der Waals surface area contributed by atoms with Gasteiger partial charge in [-0.15, -0.1) is 0 Å². The molecule has 0 radical (unpaired) electrons. The molecule has 70 valence electrons. The summed E-state index contributed by atoms with van der Waals surface area (Å²) < 4.78 is 0. The zero-order valence-corrected chi connectivity index (χ0v) is 8.05. The van der Waals surface area contributed by atoms with Gasteiger partial charge in [-0.1, -0.05) is 6.08 Å². The van der Waals surface area contributed by atoms with E-state index >= 15 is 0 Å². The minimum Gasteiger partial charge on any atom is -0.346 e. The van der Waals surface area contributed by atoms with Crippen LogP contribution in [0.2, 0.25) is 0 Å². The van der Waals surface area contributed by atoms with Gasteiger partial charge in [0.15, 0.2) is 0 Å². The normalized spacial score (nSPS) is 19.9. The van der Waals surface area contributed by atoms with Crippen LogP contribution in [0.15, 0.2) is 11.6 Å². The first-order chi connectivity index (χ1) is 6.11. The average molecular weight is 178 g/mol. The lowest BCUT2D eigenvalue weighted by atomic mass is 9.78. The third-order valence-electron chi connectivity index (χ3n) is 2.53. The van der Waals surface area contributed by atoms with Crippen LogP contribution >= 0.6 is 0 Å². The molecule has 0 saturated heterocycles. The number of hydrogen-bond donors (Lipinski definition) is 1. The van der Waals surface area contributed by atoms with Crippen LogP contribution in [-0.4, -0.2) is 11.4 Å². The Kier molecular flexibility index (Phi) is 2.72. The molecule has 0 spiro atoms. The Morgan fingerprint density at radius 2 is 2.23 bits per heavy atom. The van der Waals surface area contributed by atoms with E-state index in [0.717, 1.165) is 19.3 Å². The molecule has 1 rings (SSSR count). The predicted molar refractivity (Wildman–Crippen MR) is 49.8 cm³/mol. The molecule has 3 heteroatoms. The highest BCUT2D eigenvalue weighted by Crippen LogP contribution is 2.30. The Morgan fingerprint density at radius 3 is 2.54 bits per heavy atom. The molecule has 0 aromatic rings. The van der Waals surface area contributed by atoms with Crippen molar-refractivity contribution < 1.29 is 4.79 Å². The smallest absolute Gasteiger partial charge is 0.262 e. The topological polar surface area (TPSA) is 52.9 Å². The van der Waals surface area contributed by atoms with E-state index in [2.05, 4.69) is 5.32 Å². The van der Waals surface area contributed by atoms with Gasteiger partial charge in [-0.05, 0) is 33.1 Å². The number of allylic oxidation sites excluding steroid dienone is 1. The zero-order valence-electron chi connectivity index (χ0n) is 8.05. The van der Waals surface area contributed by atoms with E-state index in [1.165, 1.54) is 6.08 Å². The number of rotatable bonds is 2. The van der Waals surface area contributed by atoms with Gasteiger partial charge in [0.05, 0.1) is 0 Å². The van der Waals surface area contributed by atoms with Gasteiger partial charge in [0.1, 0.15) is 11.6 Å². The number of nitrogens with one attached hydrogen (secondary N) is 1. The first-order valence-corrected chi connectivity index (χ1v) is 4.50. The molecule has 0 bridgehead atoms. The largest absolute Gasteiger partial charge is 0.346 e. The minimum absolute atomic E-state index is 0.0673. The van der Waals surface area contributed by atoms with E-state index in [4.69, 9.17) is 5.26 Å². The second-order valence-corrected chi connectivity index (χ2v) is 3.68. The summed E-state index contributed by atoms with van der Waals surface area (Å²) in [7, 11) is 0. The van der Waals surface area contributed by atoms with Gasteiger partial charge in [0, 0.05) is 5.54 Å². The van der Waals surface area contributed by atoms with Gasteiger partial charge in [0.2, 0.25) is 0 Å². The van der Waals surface area contributed by atoms with Crippen molar-refractivity contribution in [3.8, 4) is 6.07 Å². The molecule has 0 aromatic carbocycles. The number of nitriles is 1. The average Bonchev–Trinajstić information content (AvgIpc) is 2.04. The first-order valence-electron chi connectivity index (χ1n) is 4.50. The third kappa shape index (κ3) is 2.09. The maximum Gasteiger partial charge on any atom is 0.262 e. The summed E-state index contributed by atoms with van der Waals surface area (Å²) in [6, 6.07) is 1.87. The van der Waals surface area contributed by atoms with Crippen LogP contribution in [0.1, 0.15) is 33.1 Å². The lowest BCUT2D eigenvalue weighted by Crippen LogP contribution is -2.51. The van der Waals surface area contributed by atoms with Crippen LogP contribution in [0.25, 0.3) is 0 Å². The quantitative estimate of drug-likeness (QED) is 0.514. The summed E-state index contributed by atoms with van der Waals surface area (Å²) in [5, 5.41) is 11.5. The molecule has 1 fully saturated rings. The molecule has 1 aliphatic rings. The van der Waals surface area contributed by atoms with Crippen molar-refractivity contribution in [3.63, 3.8) is 0 Å². The van der Waals surface area contributed by atoms with Crippen molar-refractivity contribution in [1.82, 2.24) is 5.32 Å². The van der Waals surface area contributed by atoms with Gasteiger partial charge < -0.3 is 5.32 Å². The molecule has 1 aliphatic carbocycles. The van der Waals surface area contributed by atoms with Gasteiger partial charge in [0.25, 0.3) is 5.91 Å². The molecule has 1 amide bonds. The van der Waals surface area contributed by atoms with E-state index in [-0.39, 0.29) is 17.0 Å². The summed E-state index contributed by atoms with van der Waals surface area (Å²) in [6.45, 7) is 3.71. The molecule has 0 heterocycles. The molecule has 0 atom stereocenters. The standard InChI is InChI=1S/C10H14N2O/c1-3-8(7-11)9(13)12-10(2)5-4-6-10/h3H,4-6H2,1-2H3,(H,12,13)/b8-3+. The maximum absolute atomic E-state index is 11.4. The third-order valence-corrected chi connectivity index (χ3v) is 2.53. The van der Waals surface area contributed by atoms with Crippen molar-refractivity contribution in [2.24, 2.45) is 0 Å². The fourth-order valence-corrected chi connectivity index (χ4v) is 1.42. The van der Waals surface area contributed by atoms with Gasteiger partial charge >= 0.3 is 0 Å². The SMILES string of the molecule is C/C=C(\C#N)C(=O)NC1(C)CCC1. The zero-order chi connectivity index (χ0) is 9.90. The highest BCUT2D eigenvalue weighted by Gasteiger charge is 2.33. The number of carbonyl (C=O) groups is 1. The lowest BCUT2D eigenvalue weighted by Gasteiger charge is -2.39. The maximum atomic E-state index is 11.4. The molecular weight excluding hydrogens is 164 g/mol. The predicted octanol–water partition coefficient (Wildman–Crippen LogP) is 1.52. The van der Waals surface area contributed by atoms with Crippen molar-refractivity contribution >= 4 is 5.91 Å². The van der Waals surface area contributed by atoms with Crippen LogP contribution in [0.3, 0.4) is 0 Å². The van der Waals surface area contributed by atoms with Gasteiger partial charge in [-0.3, -0.25) is 4.79 Å². The van der Waals surface area contributed by atoms with Crippen LogP contribution in [0.5, 0.6) is 0 Å². The second kappa shape index (κ2) is 3.61. The molecule has 13 heavy (non-hydrogen) atoms. The van der Waals surface area contributed by atoms with Crippen molar-refractivity contribution in [2.75, 3.05) is 0 Å². The Hall–Kier alpha value is -1.30. The van der Waals surface area contributed by atoms with Crippen molar-refractivity contribution in [1.29, 1.82) is 5.26 Å². The van der Waals surface area contributed by atoms with Crippen molar-refractivity contribution in [2.45, 2.75) is 38.6 Å². The molecular formula is C10H14N2O. The molecule has 3 nitrogen and oxygen atoms in total. The fraction of sp³-hybridized carbons (Fsp3) is 0.600. The molecule has 1 N–H and O–H groups in total. The van der Waals surface area contributed by atoms with Crippen LogP contribution in [0, 0.1) is 11.3 Å². The first kappa shape index (κ1) is 9.79.